The summed E-state index contributed by atoms with van der Waals surface area (Å²) in [6, 6.07) is 6.48. The SMILES string of the molecule is CC(=O)c1ccc(NC(=O)COC(=O)CCc2c(C)noc2C)cc1. The zero-order chi connectivity index (χ0) is 18.4. The number of anilines is 1. The number of amides is 1. The maximum Gasteiger partial charge on any atom is 0.306 e. The first-order valence-corrected chi connectivity index (χ1v) is 7.85. The molecular weight excluding hydrogens is 324 g/mol. The van der Waals surface area contributed by atoms with E-state index >= 15 is 0 Å². The van der Waals surface area contributed by atoms with Crippen LogP contribution in [0, 0.1) is 13.8 Å². The fourth-order valence-corrected chi connectivity index (χ4v) is 2.29. The molecule has 1 N–H and O–H groups in total. The van der Waals surface area contributed by atoms with Crippen LogP contribution in [0.25, 0.3) is 0 Å². The Bertz CT molecular complexity index is 758. The highest BCUT2D eigenvalue weighted by Crippen LogP contribution is 2.14. The van der Waals surface area contributed by atoms with Gasteiger partial charge >= 0.3 is 5.97 Å². The molecule has 2 aromatic rings. The molecule has 1 amide bonds. The molecule has 0 spiro atoms. The van der Waals surface area contributed by atoms with Gasteiger partial charge < -0.3 is 14.6 Å². The van der Waals surface area contributed by atoms with Crippen LogP contribution in [0.3, 0.4) is 0 Å². The van der Waals surface area contributed by atoms with Crippen LogP contribution in [-0.4, -0.2) is 29.4 Å². The molecule has 0 fully saturated rings. The third-order valence-electron chi connectivity index (χ3n) is 3.70. The summed E-state index contributed by atoms with van der Waals surface area (Å²) in [5, 5.41) is 6.42. The Morgan fingerprint density at radius 2 is 1.84 bits per heavy atom. The number of aryl methyl sites for hydroxylation is 2. The first-order chi connectivity index (χ1) is 11.9. The highest BCUT2D eigenvalue weighted by Gasteiger charge is 2.13. The second kappa shape index (κ2) is 8.23. The van der Waals surface area contributed by atoms with Crippen molar-refractivity contribution < 1.29 is 23.6 Å². The summed E-state index contributed by atoms with van der Waals surface area (Å²) < 4.78 is 9.99. The Morgan fingerprint density at radius 1 is 1.16 bits per heavy atom. The fraction of sp³-hybridized carbons (Fsp3) is 0.333. The molecule has 0 radical (unpaired) electrons. The van der Waals surface area contributed by atoms with E-state index < -0.39 is 11.9 Å². The number of aromatic nitrogens is 1. The summed E-state index contributed by atoms with van der Waals surface area (Å²) in [5.41, 5.74) is 2.72. The minimum absolute atomic E-state index is 0.0508. The van der Waals surface area contributed by atoms with Gasteiger partial charge in [0.1, 0.15) is 5.76 Å². The molecular formula is C18H20N2O5. The Balaban J connectivity index is 1.75. The third-order valence-corrected chi connectivity index (χ3v) is 3.70. The van der Waals surface area contributed by atoms with Crippen LogP contribution in [0.2, 0.25) is 0 Å². The molecule has 0 aliphatic heterocycles. The molecule has 0 aliphatic rings. The summed E-state index contributed by atoms with van der Waals surface area (Å²) in [6.07, 6.45) is 0.595. The van der Waals surface area contributed by atoms with Gasteiger partial charge in [0.15, 0.2) is 12.4 Å². The van der Waals surface area contributed by atoms with Crippen molar-refractivity contribution in [3.05, 3.63) is 46.8 Å². The van der Waals surface area contributed by atoms with Crippen LogP contribution in [0.4, 0.5) is 5.69 Å². The number of rotatable bonds is 7. The molecule has 0 bridgehead atoms. The Labute approximate surface area is 145 Å². The van der Waals surface area contributed by atoms with Crippen molar-refractivity contribution in [1.82, 2.24) is 5.16 Å². The van der Waals surface area contributed by atoms with E-state index in [4.69, 9.17) is 9.26 Å². The van der Waals surface area contributed by atoms with Crippen LogP contribution in [-0.2, 0) is 20.7 Å². The number of carbonyl (C=O) groups is 3. The average Bonchev–Trinajstić information content (AvgIpc) is 2.90. The van der Waals surface area contributed by atoms with Crippen molar-refractivity contribution >= 4 is 23.3 Å². The standard InChI is InChI=1S/C18H20N2O5/c1-11-16(13(3)25-20-11)8-9-18(23)24-10-17(22)19-15-6-4-14(5-7-15)12(2)21/h4-7H,8-10H2,1-3H3,(H,19,22). The highest BCUT2D eigenvalue weighted by atomic mass is 16.5. The van der Waals surface area contributed by atoms with Crippen LogP contribution < -0.4 is 5.32 Å². The summed E-state index contributed by atoms with van der Waals surface area (Å²) in [7, 11) is 0. The molecule has 0 unspecified atom stereocenters. The van der Waals surface area contributed by atoms with E-state index in [0.717, 1.165) is 11.3 Å². The number of nitrogens with zero attached hydrogens (tertiary/aromatic N) is 1. The van der Waals surface area contributed by atoms with Crippen molar-refractivity contribution in [2.24, 2.45) is 0 Å². The number of ketones is 1. The number of nitrogens with one attached hydrogen (secondary N) is 1. The third kappa shape index (κ3) is 5.27. The molecule has 25 heavy (non-hydrogen) atoms. The van der Waals surface area contributed by atoms with Gasteiger partial charge in [0.2, 0.25) is 0 Å². The van der Waals surface area contributed by atoms with E-state index in [9.17, 15) is 14.4 Å². The molecule has 0 atom stereocenters. The number of carbonyl (C=O) groups excluding carboxylic acids is 3. The van der Waals surface area contributed by atoms with E-state index in [2.05, 4.69) is 10.5 Å². The smallest absolute Gasteiger partial charge is 0.306 e. The number of benzene rings is 1. The first-order valence-electron chi connectivity index (χ1n) is 7.85. The lowest BCUT2D eigenvalue weighted by molar-refractivity contribution is -0.147. The predicted octanol–water partition coefficient (Wildman–Crippen LogP) is 2.61. The van der Waals surface area contributed by atoms with Crippen LogP contribution >= 0.6 is 0 Å². The molecule has 2 rings (SSSR count). The molecule has 0 aliphatic carbocycles. The Kier molecular flexibility index (Phi) is 6.05. The summed E-state index contributed by atoms with van der Waals surface area (Å²) in [5.74, 6) is -0.287. The lowest BCUT2D eigenvalue weighted by atomic mass is 10.1. The lowest BCUT2D eigenvalue weighted by Gasteiger charge is -2.07. The highest BCUT2D eigenvalue weighted by molar-refractivity contribution is 5.96. The van der Waals surface area contributed by atoms with Crippen molar-refractivity contribution in [3.63, 3.8) is 0 Å². The monoisotopic (exact) mass is 344 g/mol. The number of hydrogen-bond acceptors (Lipinski definition) is 6. The molecule has 1 aromatic carbocycles. The van der Waals surface area contributed by atoms with Gasteiger partial charge in [-0.05, 0) is 51.5 Å². The van der Waals surface area contributed by atoms with Crippen molar-refractivity contribution in [2.75, 3.05) is 11.9 Å². The predicted molar refractivity (Wildman–Crippen MR) is 90.3 cm³/mol. The molecule has 0 saturated heterocycles. The maximum atomic E-state index is 11.8. The van der Waals surface area contributed by atoms with Crippen LogP contribution in [0.15, 0.2) is 28.8 Å². The van der Waals surface area contributed by atoms with E-state index in [1.165, 1.54) is 6.92 Å². The lowest BCUT2D eigenvalue weighted by Crippen LogP contribution is -2.21. The van der Waals surface area contributed by atoms with Gasteiger partial charge in [0.25, 0.3) is 5.91 Å². The largest absolute Gasteiger partial charge is 0.456 e. The van der Waals surface area contributed by atoms with Crippen molar-refractivity contribution in [2.45, 2.75) is 33.6 Å². The Hall–Kier alpha value is -2.96. The van der Waals surface area contributed by atoms with E-state index in [0.29, 0.717) is 23.4 Å². The number of esters is 1. The fourth-order valence-electron chi connectivity index (χ4n) is 2.29. The molecule has 0 saturated carbocycles. The van der Waals surface area contributed by atoms with E-state index in [1.54, 1.807) is 31.2 Å². The van der Waals surface area contributed by atoms with Crippen LogP contribution in [0.1, 0.15) is 40.7 Å². The summed E-state index contributed by atoms with van der Waals surface area (Å²) in [6.45, 7) is 4.69. The average molecular weight is 344 g/mol. The molecule has 1 heterocycles. The minimum atomic E-state index is -0.470. The molecule has 1 aromatic heterocycles. The zero-order valence-corrected chi connectivity index (χ0v) is 14.4. The second-order valence-corrected chi connectivity index (χ2v) is 5.65. The quantitative estimate of drug-likeness (QED) is 0.612. The van der Waals surface area contributed by atoms with Gasteiger partial charge in [-0.1, -0.05) is 5.16 Å². The van der Waals surface area contributed by atoms with E-state index in [-0.39, 0.29) is 18.8 Å². The summed E-state index contributed by atoms with van der Waals surface area (Å²) in [4.78, 5) is 34.7. The first kappa shape index (κ1) is 18.4. The van der Waals surface area contributed by atoms with Crippen LogP contribution in [0.5, 0.6) is 0 Å². The molecule has 7 heteroatoms. The number of ether oxygens (including phenoxy) is 1. The van der Waals surface area contributed by atoms with Gasteiger partial charge in [0.05, 0.1) is 5.69 Å². The van der Waals surface area contributed by atoms with Gasteiger partial charge in [-0.25, -0.2) is 0 Å². The minimum Gasteiger partial charge on any atom is -0.456 e. The van der Waals surface area contributed by atoms with E-state index in [1.807, 2.05) is 6.92 Å². The summed E-state index contributed by atoms with van der Waals surface area (Å²) >= 11 is 0. The second-order valence-electron chi connectivity index (χ2n) is 5.65. The zero-order valence-electron chi connectivity index (χ0n) is 14.4. The topological polar surface area (TPSA) is 98.5 Å². The van der Waals surface area contributed by atoms with Gasteiger partial charge in [-0.15, -0.1) is 0 Å². The van der Waals surface area contributed by atoms with Gasteiger partial charge in [-0.2, -0.15) is 0 Å². The molecule has 7 nitrogen and oxygen atoms in total. The molecule has 132 valence electrons. The number of hydrogen-bond donors (Lipinski definition) is 1. The van der Waals surface area contributed by atoms with Gasteiger partial charge in [-0.3, -0.25) is 14.4 Å². The number of Topliss-reactive ketones (excluding diaryl/α,β-unsaturated/α-hetero) is 1. The van der Waals surface area contributed by atoms with Gasteiger partial charge in [0, 0.05) is 23.2 Å². The van der Waals surface area contributed by atoms with Crippen molar-refractivity contribution in [1.29, 1.82) is 0 Å². The maximum absolute atomic E-state index is 11.8. The normalized spacial score (nSPS) is 10.4. The van der Waals surface area contributed by atoms with Crippen molar-refractivity contribution in [3.8, 4) is 0 Å². The Morgan fingerprint density at radius 3 is 2.40 bits per heavy atom.